The first-order valence-electron chi connectivity index (χ1n) is 9.40. The second-order valence-electron chi connectivity index (χ2n) is 7.17. The molecule has 1 aromatic carbocycles. The van der Waals surface area contributed by atoms with Gasteiger partial charge in [-0.1, -0.05) is 0 Å². The third kappa shape index (κ3) is 4.99. The molecule has 1 aliphatic rings. The second-order valence-corrected chi connectivity index (χ2v) is 7.17. The molecule has 0 atom stereocenters. The molecule has 1 aliphatic carbocycles. The fourth-order valence-corrected chi connectivity index (χ4v) is 3.31. The summed E-state index contributed by atoms with van der Waals surface area (Å²) in [5, 5.41) is 2.43. The number of amides is 1. The molecule has 1 amide bonds. The van der Waals surface area contributed by atoms with Crippen molar-refractivity contribution < 1.29 is 23.5 Å². The highest BCUT2D eigenvalue weighted by Gasteiger charge is 2.26. The van der Waals surface area contributed by atoms with E-state index in [1.165, 1.54) is 38.0 Å². The van der Waals surface area contributed by atoms with Gasteiger partial charge in [-0.05, 0) is 62.6 Å². The van der Waals surface area contributed by atoms with E-state index in [2.05, 4.69) is 9.88 Å². The molecule has 0 unspecified atom stereocenters. The Morgan fingerprint density at radius 2 is 1.97 bits per heavy atom. The molecule has 7 heteroatoms. The van der Waals surface area contributed by atoms with Gasteiger partial charge in [0, 0.05) is 36.1 Å². The van der Waals surface area contributed by atoms with E-state index in [-0.39, 0.29) is 17.2 Å². The maximum absolute atomic E-state index is 14.1. The van der Waals surface area contributed by atoms with Crippen LogP contribution in [0.2, 0.25) is 0 Å². The standard InChI is InChI=1S/C22H23FN2O4/c1-13-10-16(14(2)25(13)18-6-7-18)4-9-22(28)29-12-21(27)19-8-5-17(11-20(19)23)24-15(3)26/h4-5,8-11,18H,6-7,12H2,1-3H3,(H,24,26)/b9-4+. The number of anilines is 1. The number of nitrogens with zero attached hydrogens (tertiary/aromatic N) is 1. The van der Waals surface area contributed by atoms with Crippen LogP contribution in [0.15, 0.2) is 30.3 Å². The topological polar surface area (TPSA) is 77.4 Å². The Kier molecular flexibility index (Phi) is 5.96. The van der Waals surface area contributed by atoms with E-state index in [1.54, 1.807) is 6.08 Å². The molecule has 152 valence electrons. The fraction of sp³-hybridized carbons (Fsp3) is 0.318. The van der Waals surface area contributed by atoms with Crippen LogP contribution in [0, 0.1) is 19.7 Å². The van der Waals surface area contributed by atoms with Crippen molar-refractivity contribution in [3.63, 3.8) is 0 Å². The number of hydrogen-bond acceptors (Lipinski definition) is 4. The van der Waals surface area contributed by atoms with Crippen LogP contribution in [0.25, 0.3) is 6.08 Å². The Morgan fingerprint density at radius 3 is 2.59 bits per heavy atom. The van der Waals surface area contributed by atoms with E-state index >= 15 is 0 Å². The number of carbonyl (C=O) groups is 3. The summed E-state index contributed by atoms with van der Waals surface area (Å²) in [4.78, 5) is 35.1. The first kappa shape index (κ1) is 20.5. The van der Waals surface area contributed by atoms with E-state index in [0.29, 0.717) is 6.04 Å². The van der Waals surface area contributed by atoms with Crippen LogP contribution in [-0.2, 0) is 14.3 Å². The minimum Gasteiger partial charge on any atom is -0.454 e. The lowest BCUT2D eigenvalue weighted by Gasteiger charge is -2.07. The first-order chi connectivity index (χ1) is 13.8. The van der Waals surface area contributed by atoms with Crippen LogP contribution >= 0.6 is 0 Å². The van der Waals surface area contributed by atoms with Crippen molar-refractivity contribution in [1.29, 1.82) is 0 Å². The minimum absolute atomic E-state index is 0.205. The molecule has 1 saturated carbocycles. The van der Waals surface area contributed by atoms with Gasteiger partial charge in [0.2, 0.25) is 11.7 Å². The lowest BCUT2D eigenvalue weighted by atomic mass is 10.1. The number of aromatic nitrogens is 1. The summed E-state index contributed by atoms with van der Waals surface area (Å²) in [5.74, 6) is -2.47. The normalized spacial score (nSPS) is 13.5. The molecule has 1 heterocycles. The van der Waals surface area contributed by atoms with Gasteiger partial charge >= 0.3 is 5.97 Å². The first-order valence-corrected chi connectivity index (χ1v) is 9.40. The Hall–Kier alpha value is -3.22. The Labute approximate surface area is 168 Å². The Bertz CT molecular complexity index is 1000. The summed E-state index contributed by atoms with van der Waals surface area (Å²) in [6.07, 6.45) is 5.28. The molecule has 29 heavy (non-hydrogen) atoms. The van der Waals surface area contributed by atoms with Crippen molar-refractivity contribution in [2.45, 2.75) is 39.7 Å². The van der Waals surface area contributed by atoms with Crippen LogP contribution in [-0.4, -0.2) is 28.8 Å². The van der Waals surface area contributed by atoms with Crippen molar-refractivity contribution in [2.75, 3.05) is 11.9 Å². The Balaban J connectivity index is 1.58. The monoisotopic (exact) mass is 398 g/mol. The lowest BCUT2D eigenvalue weighted by molar-refractivity contribution is -0.136. The quantitative estimate of drug-likeness (QED) is 0.435. The smallest absolute Gasteiger partial charge is 0.331 e. The van der Waals surface area contributed by atoms with Crippen molar-refractivity contribution >= 4 is 29.4 Å². The number of aryl methyl sites for hydroxylation is 1. The van der Waals surface area contributed by atoms with Crippen LogP contribution in [0.4, 0.5) is 10.1 Å². The van der Waals surface area contributed by atoms with Crippen molar-refractivity contribution in [2.24, 2.45) is 0 Å². The third-order valence-electron chi connectivity index (χ3n) is 4.77. The van der Waals surface area contributed by atoms with Crippen LogP contribution in [0.1, 0.15) is 53.1 Å². The molecule has 2 aromatic rings. The summed E-state index contributed by atoms with van der Waals surface area (Å²) in [6, 6.07) is 6.27. The van der Waals surface area contributed by atoms with Crippen LogP contribution in [0.5, 0.6) is 0 Å². The molecule has 0 spiro atoms. The highest BCUT2D eigenvalue weighted by Crippen LogP contribution is 2.38. The predicted octanol–water partition coefficient (Wildman–Crippen LogP) is 3.98. The van der Waals surface area contributed by atoms with Gasteiger partial charge in [0.05, 0.1) is 5.56 Å². The van der Waals surface area contributed by atoms with E-state index < -0.39 is 24.2 Å². The second kappa shape index (κ2) is 8.43. The maximum Gasteiger partial charge on any atom is 0.331 e. The molecule has 6 nitrogen and oxygen atoms in total. The Morgan fingerprint density at radius 1 is 1.24 bits per heavy atom. The predicted molar refractivity (Wildman–Crippen MR) is 107 cm³/mol. The number of carbonyl (C=O) groups excluding carboxylic acids is 3. The van der Waals surface area contributed by atoms with Crippen molar-refractivity contribution in [3.05, 3.63) is 58.7 Å². The summed E-state index contributed by atoms with van der Waals surface area (Å²) in [6.45, 7) is 4.77. The zero-order valence-corrected chi connectivity index (χ0v) is 16.6. The zero-order chi connectivity index (χ0) is 21.1. The molecule has 3 rings (SSSR count). The summed E-state index contributed by atoms with van der Waals surface area (Å²) in [5.41, 5.74) is 3.20. The van der Waals surface area contributed by atoms with Gasteiger partial charge in [-0.15, -0.1) is 0 Å². The van der Waals surface area contributed by atoms with Crippen LogP contribution in [0.3, 0.4) is 0 Å². The zero-order valence-electron chi connectivity index (χ0n) is 16.6. The number of benzene rings is 1. The summed E-state index contributed by atoms with van der Waals surface area (Å²) < 4.78 is 21.3. The molecule has 0 bridgehead atoms. The molecule has 1 fully saturated rings. The van der Waals surface area contributed by atoms with Gasteiger partial charge in [-0.3, -0.25) is 9.59 Å². The fourth-order valence-electron chi connectivity index (χ4n) is 3.31. The highest BCUT2D eigenvalue weighted by molar-refractivity contribution is 5.99. The third-order valence-corrected chi connectivity index (χ3v) is 4.77. The number of hydrogen-bond donors (Lipinski definition) is 1. The lowest BCUT2D eigenvalue weighted by Crippen LogP contribution is -2.14. The van der Waals surface area contributed by atoms with E-state index in [4.69, 9.17) is 4.74 Å². The minimum atomic E-state index is -0.791. The van der Waals surface area contributed by atoms with E-state index in [0.717, 1.165) is 23.0 Å². The number of esters is 1. The average Bonchev–Trinajstić information content (AvgIpc) is 3.43. The molecular formula is C22H23FN2O4. The van der Waals surface area contributed by atoms with Gasteiger partial charge in [-0.25, -0.2) is 9.18 Å². The average molecular weight is 398 g/mol. The molecule has 0 radical (unpaired) electrons. The van der Waals surface area contributed by atoms with E-state index in [1.807, 2.05) is 19.9 Å². The molecule has 1 aromatic heterocycles. The highest BCUT2D eigenvalue weighted by atomic mass is 19.1. The number of Topliss-reactive ketones (excluding diaryl/α,β-unsaturated/α-hetero) is 1. The summed E-state index contributed by atoms with van der Waals surface area (Å²) >= 11 is 0. The van der Waals surface area contributed by atoms with Gasteiger partial charge in [0.25, 0.3) is 0 Å². The van der Waals surface area contributed by atoms with Gasteiger partial charge < -0.3 is 14.6 Å². The van der Waals surface area contributed by atoms with E-state index in [9.17, 15) is 18.8 Å². The molecular weight excluding hydrogens is 375 g/mol. The number of ketones is 1. The number of halogens is 1. The largest absolute Gasteiger partial charge is 0.454 e. The number of ether oxygens (including phenoxy) is 1. The number of nitrogens with one attached hydrogen (secondary N) is 1. The maximum atomic E-state index is 14.1. The van der Waals surface area contributed by atoms with Gasteiger partial charge in [0.1, 0.15) is 5.82 Å². The van der Waals surface area contributed by atoms with Crippen molar-refractivity contribution in [3.8, 4) is 0 Å². The van der Waals surface area contributed by atoms with Crippen molar-refractivity contribution in [1.82, 2.24) is 4.57 Å². The summed E-state index contributed by atoms with van der Waals surface area (Å²) in [7, 11) is 0. The van der Waals surface area contributed by atoms with Gasteiger partial charge in [0.15, 0.2) is 6.61 Å². The molecule has 0 aliphatic heterocycles. The SMILES string of the molecule is CC(=O)Nc1ccc(C(=O)COC(=O)/C=C/c2cc(C)n(C3CC3)c2C)c(F)c1. The van der Waals surface area contributed by atoms with Gasteiger partial charge in [-0.2, -0.15) is 0 Å². The van der Waals surface area contributed by atoms with Crippen LogP contribution < -0.4 is 5.32 Å². The molecule has 1 N–H and O–H groups in total. The number of rotatable bonds is 7. The molecule has 0 saturated heterocycles.